The predicted octanol–water partition coefficient (Wildman–Crippen LogP) is 4.76. The normalized spacial score (nSPS) is 11.0. The summed E-state index contributed by atoms with van der Waals surface area (Å²) in [6.45, 7) is 0.0555. The van der Waals surface area contributed by atoms with Crippen LogP contribution in [0.3, 0.4) is 0 Å². The van der Waals surface area contributed by atoms with Gasteiger partial charge in [-0.25, -0.2) is 14.2 Å². The number of benzene rings is 2. The minimum atomic E-state index is -1.33. The number of carbonyl (C=O) groups excluding carboxylic acids is 1. The molecule has 0 atom stereocenters. The summed E-state index contributed by atoms with van der Waals surface area (Å²) in [7, 11) is 0. The molecule has 4 aromatic rings. The zero-order valence-electron chi connectivity index (χ0n) is 15.1. The topological polar surface area (TPSA) is 118 Å². The maximum absolute atomic E-state index is 14.5. The maximum atomic E-state index is 14.5. The lowest BCUT2D eigenvalue weighted by Crippen LogP contribution is -2.14. The van der Waals surface area contributed by atoms with E-state index in [1.54, 1.807) is 24.3 Å². The van der Waals surface area contributed by atoms with E-state index in [1.807, 2.05) is 0 Å². The van der Waals surface area contributed by atoms with Crippen LogP contribution in [0.2, 0.25) is 5.02 Å². The van der Waals surface area contributed by atoms with Crippen LogP contribution in [0.15, 0.2) is 46.2 Å². The van der Waals surface area contributed by atoms with Crippen molar-refractivity contribution in [1.82, 2.24) is 4.98 Å². The van der Waals surface area contributed by atoms with Gasteiger partial charge in [0.25, 0.3) is 5.89 Å². The largest absolute Gasteiger partial charge is 0.478 e. The molecular weight excluding hydrogens is 433 g/mol. The molecule has 0 fully saturated rings. The molecule has 0 radical (unpaired) electrons. The number of anilines is 1. The highest BCUT2D eigenvalue weighted by Crippen LogP contribution is 2.38. The number of hydrogen-bond acceptors (Lipinski definition) is 6. The number of fused-ring (bicyclic) bond motifs is 1. The molecule has 1 amide bonds. The van der Waals surface area contributed by atoms with Gasteiger partial charge < -0.3 is 20.6 Å². The molecule has 0 aliphatic carbocycles. The monoisotopic (exact) mass is 445 g/mol. The number of carboxylic acids is 1. The van der Waals surface area contributed by atoms with E-state index in [0.717, 1.165) is 17.4 Å². The van der Waals surface area contributed by atoms with E-state index >= 15 is 0 Å². The van der Waals surface area contributed by atoms with E-state index in [-0.39, 0.29) is 39.1 Å². The highest BCUT2D eigenvalue weighted by Gasteiger charge is 2.25. The lowest BCUT2D eigenvalue weighted by atomic mass is 10.0. The van der Waals surface area contributed by atoms with E-state index in [1.165, 1.54) is 11.4 Å². The van der Waals surface area contributed by atoms with Crippen molar-refractivity contribution in [2.75, 3.05) is 5.32 Å². The second kappa shape index (κ2) is 7.86. The summed E-state index contributed by atoms with van der Waals surface area (Å²) < 4.78 is 19.9. The Bertz CT molecular complexity index is 1270. The van der Waals surface area contributed by atoms with Crippen molar-refractivity contribution in [2.24, 2.45) is 5.73 Å². The average Bonchev–Trinajstić information content (AvgIpc) is 3.32. The van der Waals surface area contributed by atoms with Crippen LogP contribution in [-0.4, -0.2) is 22.0 Å². The number of para-hydroxylation sites is 2. The van der Waals surface area contributed by atoms with Crippen LogP contribution in [0, 0.1) is 5.82 Å². The molecule has 0 aliphatic heterocycles. The van der Waals surface area contributed by atoms with Crippen molar-refractivity contribution in [3.8, 4) is 11.1 Å². The number of oxazole rings is 1. The van der Waals surface area contributed by atoms with Gasteiger partial charge in [0, 0.05) is 28.1 Å². The number of nitrogens with one attached hydrogen (secondary N) is 1. The first-order valence-electron chi connectivity index (χ1n) is 8.59. The molecule has 0 bridgehead atoms. The fourth-order valence-corrected chi connectivity index (χ4v) is 4.12. The van der Waals surface area contributed by atoms with Crippen molar-refractivity contribution in [1.29, 1.82) is 0 Å². The van der Waals surface area contributed by atoms with Crippen LogP contribution in [0.4, 0.5) is 9.39 Å². The van der Waals surface area contributed by atoms with Crippen molar-refractivity contribution in [2.45, 2.75) is 6.54 Å². The number of nitrogens with two attached hydrogens (primary N) is 1. The third-order valence-electron chi connectivity index (χ3n) is 4.37. The maximum Gasteiger partial charge on any atom is 0.339 e. The Balaban J connectivity index is 1.73. The minimum Gasteiger partial charge on any atom is -0.478 e. The Morgan fingerprint density at radius 3 is 2.73 bits per heavy atom. The van der Waals surface area contributed by atoms with Gasteiger partial charge in [0.15, 0.2) is 5.58 Å². The van der Waals surface area contributed by atoms with Gasteiger partial charge in [-0.05, 0) is 29.8 Å². The third-order valence-corrected chi connectivity index (χ3v) is 5.61. The number of hydrogen-bond donors (Lipinski definition) is 3. The number of halogens is 2. The summed E-state index contributed by atoms with van der Waals surface area (Å²) in [5.74, 6) is -2.97. The highest BCUT2D eigenvalue weighted by atomic mass is 35.5. The molecule has 10 heteroatoms. The molecular formula is C20H13ClFN3O4S. The smallest absolute Gasteiger partial charge is 0.339 e. The number of rotatable bonds is 5. The zero-order valence-corrected chi connectivity index (χ0v) is 16.7. The van der Waals surface area contributed by atoms with E-state index in [0.29, 0.717) is 16.7 Å². The summed E-state index contributed by atoms with van der Waals surface area (Å²) in [6, 6.07) is 9.30. The number of amides is 1. The Labute approximate surface area is 177 Å². The molecule has 4 N–H and O–H groups in total. The first-order chi connectivity index (χ1) is 14.4. The first-order valence-corrected chi connectivity index (χ1v) is 9.85. The van der Waals surface area contributed by atoms with Gasteiger partial charge in [0.2, 0.25) is 0 Å². The van der Waals surface area contributed by atoms with E-state index in [9.17, 15) is 19.1 Å². The molecule has 30 heavy (non-hydrogen) atoms. The Morgan fingerprint density at radius 2 is 2.03 bits per heavy atom. The average molecular weight is 446 g/mol. The SMILES string of the molecule is NCc1cc(-c2csc(NC(=O)c3nc4ccccc4o3)c2C(=O)O)c(F)cc1Cl. The lowest BCUT2D eigenvalue weighted by Gasteiger charge is -2.09. The number of nitrogens with zero attached hydrogens (tertiary/aromatic N) is 1. The quantitative estimate of drug-likeness (QED) is 0.407. The van der Waals surface area contributed by atoms with Crippen LogP contribution >= 0.6 is 22.9 Å². The second-order valence-corrected chi connectivity index (χ2v) is 7.51. The summed E-state index contributed by atoms with van der Waals surface area (Å²) >= 11 is 6.90. The van der Waals surface area contributed by atoms with Crippen LogP contribution in [0.25, 0.3) is 22.2 Å². The van der Waals surface area contributed by atoms with Gasteiger partial charge in [-0.15, -0.1) is 11.3 Å². The number of carboxylic acid groups (broad SMARTS) is 1. The first kappa shape index (κ1) is 20.0. The Hall–Kier alpha value is -3.27. The van der Waals surface area contributed by atoms with Crippen LogP contribution in [-0.2, 0) is 6.54 Å². The van der Waals surface area contributed by atoms with Gasteiger partial charge in [-0.3, -0.25) is 4.79 Å². The van der Waals surface area contributed by atoms with Crippen LogP contribution < -0.4 is 11.1 Å². The lowest BCUT2D eigenvalue weighted by molar-refractivity contribution is 0.0699. The molecule has 0 spiro atoms. The van der Waals surface area contributed by atoms with Gasteiger partial charge in [-0.2, -0.15) is 0 Å². The molecule has 0 aliphatic rings. The zero-order chi connectivity index (χ0) is 21.4. The van der Waals surface area contributed by atoms with Gasteiger partial charge >= 0.3 is 11.9 Å². The van der Waals surface area contributed by atoms with E-state index in [4.69, 9.17) is 21.8 Å². The predicted molar refractivity (Wildman–Crippen MR) is 112 cm³/mol. The van der Waals surface area contributed by atoms with Crippen molar-refractivity contribution in [3.05, 3.63) is 69.6 Å². The Morgan fingerprint density at radius 1 is 1.27 bits per heavy atom. The Kier molecular flexibility index (Phi) is 5.25. The van der Waals surface area contributed by atoms with Crippen LogP contribution in [0.1, 0.15) is 26.6 Å². The summed E-state index contributed by atoms with van der Waals surface area (Å²) in [5.41, 5.74) is 6.87. The van der Waals surface area contributed by atoms with Gasteiger partial charge in [0.05, 0.1) is 0 Å². The number of carbonyl (C=O) groups is 2. The molecule has 4 rings (SSSR count). The molecule has 2 heterocycles. The van der Waals surface area contributed by atoms with E-state index in [2.05, 4.69) is 10.3 Å². The fourth-order valence-electron chi connectivity index (χ4n) is 2.94. The molecule has 0 saturated heterocycles. The van der Waals surface area contributed by atoms with E-state index < -0.39 is 17.7 Å². The molecule has 152 valence electrons. The summed E-state index contributed by atoms with van der Waals surface area (Å²) in [4.78, 5) is 28.6. The molecule has 7 nitrogen and oxygen atoms in total. The summed E-state index contributed by atoms with van der Waals surface area (Å²) in [5, 5.41) is 13.8. The number of aromatic carboxylic acids is 1. The molecule has 0 unspecified atom stereocenters. The number of aromatic nitrogens is 1. The third kappa shape index (κ3) is 3.54. The van der Waals surface area contributed by atoms with Crippen molar-refractivity contribution < 1.29 is 23.5 Å². The minimum absolute atomic E-state index is 0.0217. The molecule has 2 aromatic heterocycles. The van der Waals surface area contributed by atoms with Crippen molar-refractivity contribution in [3.63, 3.8) is 0 Å². The van der Waals surface area contributed by atoms with Crippen LogP contribution in [0.5, 0.6) is 0 Å². The fraction of sp³-hybridized carbons (Fsp3) is 0.0500. The van der Waals surface area contributed by atoms with Gasteiger partial charge in [-0.1, -0.05) is 23.7 Å². The molecule has 0 saturated carbocycles. The number of thiophene rings is 1. The highest BCUT2D eigenvalue weighted by molar-refractivity contribution is 7.15. The van der Waals surface area contributed by atoms with Gasteiger partial charge in [0.1, 0.15) is 21.9 Å². The van der Waals surface area contributed by atoms with Crippen molar-refractivity contribution >= 4 is 50.9 Å². The summed E-state index contributed by atoms with van der Waals surface area (Å²) in [6.07, 6.45) is 0. The molecule has 2 aromatic carbocycles. The second-order valence-electron chi connectivity index (χ2n) is 6.23. The standard InChI is InChI=1S/C20H13ClFN3O4S/c21-12-6-13(22)10(5-9(12)7-23)11-8-30-19(16(11)20(27)28)25-17(26)18-24-14-3-1-2-4-15(14)29-18/h1-6,8H,7,23H2,(H,25,26)(H,27,28).